The fourth-order valence-corrected chi connectivity index (χ4v) is 2.28. The molecule has 0 radical (unpaired) electrons. The summed E-state index contributed by atoms with van der Waals surface area (Å²) >= 11 is 0. The summed E-state index contributed by atoms with van der Waals surface area (Å²) in [5, 5.41) is 3.36. The molecule has 1 aromatic carbocycles. The molecule has 1 aliphatic heterocycles. The van der Waals surface area contributed by atoms with Gasteiger partial charge in [-0.3, -0.25) is 0 Å². The molecule has 4 heteroatoms. The van der Waals surface area contributed by atoms with Crippen molar-refractivity contribution in [3.63, 3.8) is 0 Å². The first-order valence-corrected chi connectivity index (χ1v) is 7.29. The number of rotatable bonds is 4. The maximum absolute atomic E-state index is 5.34. The Hall–Kier alpha value is -2.20. The Morgan fingerprint density at radius 3 is 2.33 bits per heavy atom. The van der Waals surface area contributed by atoms with Crippen molar-refractivity contribution in [2.24, 2.45) is 0 Å². The standard InChI is InChI=1S/C17H19N3O/c1-2-4-14(5-3-1)6-7-15-12-18-17(19-13-15)20-16-8-10-21-11-9-16/h1-7,12-13,16H,8-11H2,(H,18,19,20). The third-order valence-electron chi connectivity index (χ3n) is 3.49. The predicted octanol–water partition coefficient (Wildman–Crippen LogP) is 3.24. The molecule has 3 rings (SSSR count). The molecule has 0 saturated carbocycles. The molecule has 1 fully saturated rings. The van der Waals surface area contributed by atoms with Gasteiger partial charge in [-0.05, 0) is 18.4 Å². The second-order valence-electron chi connectivity index (χ2n) is 5.12. The average Bonchev–Trinajstić information content (AvgIpc) is 2.56. The lowest BCUT2D eigenvalue weighted by Crippen LogP contribution is -2.28. The van der Waals surface area contributed by atoms with Crippen LogP contribution < -0.4 is 5.32 Å². The Bertz CT molecular complexity index is 575. The van der Waals surface area contributed by atoms with E-state index in [1.165, 1.54) is 5.56 Å². The van der Waals surface area contributed by atoms with Crippen LogP contribution in [-0.2, 0) is 4.74 Å². The molecule has 1 saturated heterocycles. The van der Waals surface area contributed by atoms with Gasteiger partial charge in [0.2, 0.25) is 5.95 Å². The van der Waals surface area contributed by atoms with Crippen LogP contribution in [0.2, 0.25) is 0 Å². The van der Waals surface area contributed by atoms with Crippen molar-refractivity contribution in [1.82, 2.24) is 9.97 Å². The van der Waals surface area contributed by atoms with Crippen LogP contribution in [0.15, 0.2) is 42.7 Å². The Morgan fingerprint density at radius 2 is 1.62 bits per heavy atom. The van der Waals surface area contributed by atoms with E-state index in [0.29, 0.717) is 12.0 Å². The number of nitrogens with one attached hydrogen (secondary N) is 1. The molecule has 0 unspecified atom stereocenters. The van der Waals surface area contributed by atoms with Gasteiger partial charge in [0.15, 0.2) is 0 Å². The minimum atomic E-state index is 0.421. The first-order valence-electron chi connectivity index (χ1n) is 7.29. The van der Waals surface area contributed by atoms with Gasteiger partial charge < -0.3 is 10.1 Å². The second-order valence-corrected chi connectivity index (χ2v) is 5.12. The molecule has 0 bridgehead atoms. The average molecular weight is 281 g/mol. The van der Waals surface area contributed by atoms with Crippen LogP contribution in [0.4, 0.5) is 5.95 Å². The maximum Gasteiger partial charge on any atom is 0.222 e. The lowest BCUT2D eigenvalue weighted by atomic mass is 10.1. The van der Waals surface area contributed by atoms with Gasteiger partial charge >= 0.3 is 0 Å². The van der Waals surface area contributed by atoms with Gasteiger partial charge in [0.05, 0.1) is 0 Å². The van der Waals surface area contributed by atoms with Crippen molar-refractivity contribution >= 4 is 18.1 Å². The summed E-state index contributed by atoms with van der Waals surface area (Å²) in [7, 11) is 0. The zero-order valence-electron chi connectivity index (χ0n) is 11.9. The Kier molecular flexibility index (Phi) is 4.59. The molecule has 2 aromatic rings. The van der Waals surface area contributed by atoms with Gasteiger partial charge in [0, 0.05) is 37.2 Å². The van der Waals surface area contributed by atoms with E-state index < -0.39 is 0 Å². The van der Waals surface area contributed by atoms with E-state index in [9.17, 15) is 0 Å². The SMILES string of the molecule is C(=Cc1cnc(NC2CCOCC2)nc1)c1ccccc1. The Morgan fingerprint density at radius 1 is 0.952 bits per heavy atom. The van der Waals surface area contributed by atoms with E-state index >= 15 is 0 Å². The molecule has 2 heterocycles. The van der Waals surface area contributed by atoms with Gasteiger partial charge in [0.25, 0.3) is 0 Å². The molecule has 0 aliphatic carbocycles. The molecule has 1 aromatic heterocycles. The van der Waals surface area contributed by atoms with E-state index in [2.05, 4.69) is 33.5 Å². The fourth-order valence-electron chi connectivity index (χ4n) is 2.28. The maximum atomic E-state index is 5.34. The lowest BCUT2D eigenvalue weighted by molar-refractivity contribution is 0.0903. The number of nitrogens with zero attached hydrogens (tertiary/aromatic N) is 2. The second kappa shape index (κ2) is 6.99. The molecule has 108 valence electrons. The zero-order chi connectivity index (χ0) is 14.3. The fraction of sp³-hybridized carbons (Fsp3) is 0.294. The minimum Gasteiger partial charge on any atom is -0.381 e. The predicted molar refractivity (Wildman–Crippen MR) is 84.9 cm³/mol. The van der Waals surface area contributed by atoms with Gasteiger partial charge in [-0.1, -0.05) is 42.5 Å². The topological polar surface area (TPSA) is 47.0 Å². The van der Waals surface area contributed by atoms with Crippen molar-refractivity contribution < 1.29 is 4.74 Å². The highest BCUT2D eigenvalue weighted by atomic mass is 16.5. The van der Waals surface area contributed by atoms with Gasteiger partial charge in [-0.25, -0.2) is 9.97 Å². The van der Waals surface area contributed by atoms with E-state index in [1.807, 2.05) is 36.7 Å². The summed E-state index contributed by atoms with van der Waals surface area (Å²) in [6.07, 6.45) is 9.79. The van der Waals surface area contributed by atoms with Crippen molar-refractivity contribution in [3.8, 4) is 0 Å². The van der Waals surface area contributed by atoms with Crippen LogP contribution in [0.5, 0.6) is 0 Å². The molecule has 0 atom stereocenters. The summed E-state index contributed by atoms with van der Waals surface area (Å²) in [5.41, 5.74) is 2.17. The van der Waals surface area contributed by atoms with E-state index in [1.54, 1.807) is 0 Å². The Balaban J connectivity index is 1.60. The first kappa shape index (κ1) is 13.8. The molecular formula is C17H19N3O. The normalized spacial score (nSPS) is 16.2. The highest BCUT2D eigenvalue weighted by molar-refractivity contribution is 5.68. The number of ether oxygens (including phenoxy) is 1. The summed E-state index contributed by atoms with van der Waals surface area (Å²) < 4.78 is 5.34. The van der Waals surface area contributed by atoms with Gasteiger partial charge in [0.1, 0.15) is 0 Å². The van der Waals surface area contributed by atoms with E-state index in [0.717, 1.165) is 31.6 Å². The highest BCUT2D eigenvalue weighted by Gasteiger charge is 2.13. The third-order valence-corrected chi connectivity index (χ3v) is 3.49. The minimum absolute atomic E-state index is 0.421. The van der Waals surface area contributed by atoms with Gasteiger partial charge in [-0.2, -0.15) is 0 Å². The van der Waals surface area contributed by atoms with Crippen molar-refractivity contribution in [3.05, 3.63) is 53.9 Å². The van der Waals surface area contributed by atoms with Crippen LogP contribution >= 0.6 is 0 Å². The number of benzene rings is 1. The van der Waals surface area contributed by atoms with Crippen LogP contribution in [0.1, 0.15) is 24.0 Å². The molecular weight excluding hydrogens is 262 g/mol. The highest BCUT2D eigenvalue weighted by Crippen LogP contribution is 2.12. The number of anilines is 1. The molecule has 0 amide bonds. The Labute approximate surface area is 124 Å². The summed E-state index contributed by atoms with van der Waals surface area (Å²) in [6, 6.07) is 10.6. The molecule has 1 aliphatic rings. The molecule has 0 spiro atoms. The number of hydrogen-bond acceptors (Lipinski definition) is 4. The van der Waals surface area contributed by atoms with Crippen LogP contribution in [0, 0.1) is 0 Å². The van der Waals surface area contributed by atoms with Crippen molar-refractivity contribution in [2.45, 2.75) is 18.9 Å². The summed E-state index contributed by atoms with van der Waals surface area (Å²) in [4.78, 5) is 8.74. The smallest absolute Gasteiger partial charge is 0.222 e. The molecule has 1 N–H and O–H groups in total. The van der Waals surface area contributed by atoms with E-state index in [4.69, 9.17) is 4.74 Å². The van der Waals surface area contributed by atoms with E-state index in [-0.39, 0.29) is 0 Å². The summed E-state index contributed by atoms with van der Waals surface area (Å²) in [5.74, 6) is 0.693. The lowest BCUT2D eigenvalue weighted by Gasteiger charge is -2.22. The third kappa shape index (κ3) is 4.13. The van der Waals surface area contributed by atoms with Crippen molar-refractivity contribution in [2.75, 3.05) is 18.5 Å². The number of hydrogen-bond donors (Lipinski definition) is 1. The first-order chi connectivity index (χ1) is 10.4. The van der Waals surface area contributed by atoms with Crippen molar-refractivity contribution in [1.29, 1.82) is 0 Å². The monoisotopic (exact) mass is 281 g/mol. The number of aromatic nitrogens is 2. The van der Waals surface area contributed by atoms with Gasteiger partial charge in [-0.15, -0.1) is 0 Å². The molecule has 4 nitrogen and oxygen atoms in total. The van der Waals surface area contributed by atoms with Crippen LogP contribution in [0.25, 0.3) is 12.2 Å². The largest absolute Gasteiger partial charge is 0.381 e. The molecule has 21 heavy (non-hydrogen) atoms. The quantitative estimate of drug-likeness (QED) is 0.934. The summed E-state index contributed by atoms with van der Waals surface area (Å²) in [6.45, 7) is 1.63. The van der Waals surface area contributed by atoms with Crippen LogP contribution in [-0.4, -0.2) is 29.2 Å². The zero-order valence-corrected chi connectivity index (χ0v) is 11.9. The van der Waals surface area contributed by atoms with Crippen LogP contribution in [0.3, 0.4) is 0 Å².